The van der Waals surface area contributed by atoms with E-state index < -0.39 is 6.10 Å². The molecule has 25 heavy (non-hydrogen) atoms. The molecule has 6 heteroatoms. The van der Waals surface area contributed by atoms with Crippen LogP contribution < -0.4 is 9.64 Å². The summed E-state index contributed by atoms with van der Waals surface area (Å²) in [5.41, 5.74) is 1.51. The first kappa shape index (κ1) is 16.4. The van der Waals surface area contributed by atoms with Gasteiger partial charge in [0.15, 0.2) is 6.29 Å². The van der Waals surface area contributed by atoms with Gasteiger partial charge in [-0.15, -0.1) is 0 Å². The van der Waals surface area contributed by atoms with Gasteiger partial charge in [-0.25, -0.2) is 0 Å². The van der Waals surface area contributed by atoms with Crippen molar-refractivity contribution in [1.29, 1.82) is 0 Å². The maximum absolute atomic E-state index is 13.1. The Balaban J connectivity index is 1.64. The van der Waals surface area contributed by atoms with Crippen molar-refractivity contribution in [1.82, 2.24) is 0 Å². The lowest BCUT2D eigenvalue weighted by Crippen LogP contribution is -2.42. The Morgan fingerprint density at radius 1 is 1.08 bits per heavy atom. The van der Waals surface area contributed by atoms with Crippen LogP contribution in [0.15, 0.2) is 48.5 Å². The summed E-state index contributed by atoms with van der Waals surface area (Å²) in [6.07, 6.45) is -0.340. The first-order chi connectivity index (χ1) is 12.2. The van der Waals surface area contributed by atoms with Crippen LogP contribution in [0, 0.1) is 0 Å². The molecule has 2 aromatic rings. The monoisotopic (exact) mass is 359 g/mol. The lowest BCUT2D eigenvalue weighted by atomic mass is 10.1. The summed E-state index contributed by atoms with van der Waals surface area (Å²) in [4.78, 5) is 14.8. The van der Waals surface area contributed by atoms with Crippen LogP contribution in [0.2, 0.25) is 5.02 Å². The van der Waals surface area contributed by atoms with Crippen LogP contribution in [-0.2, 0) is 14.3 Å². The molecule has 2 aliphatic heterocycles. The zero-order valence-electron chi connectivity index (χ0n) is 13.6. The largest absolute Gasteiger partial charge is 0.474 e. The quantitative estimate of drug-likeness (QED) is 0.837. The van der Waals surface area contributed by atoms with Crippen LogP contribution in [0.1, 0.15) is 18.1 Å². The molecule has 2 aromatic carbocycles. The molecule has 0 saturated carbocycles. The number of amides is 1. The Bertz CT molecular complexity index is 761. The summed E-state index contributed by atoms with van der Waals surface area (Å²) in [7, 11) is 0. The van der Waals surface area contributed by atoms with E-state index in [0.717, 1.165) is 5.56 Å². The fourth-order valence-electron chi connectivity index (χ4n) is 3.12. The van der Waals surface area contributed by atoms with Crippen molar-refractivity contribution in [2.45, 2.75) is 18.8 Å². The fourth-order valence-corrected chi connectivity index (χ4v) is 3.28. The fraction of sp³-hybridized carbons (Fsp3) is 0.316. The molecule has 4 rings (SSSR count). The minimum atomic E-state index is -0.666. The van der Waals surface area contributed by atoms with E-state index in [9.17, 15) is 4.79 Å². The lowest BCUT2D eigenvalue weighted by molar-refractivity contribution is -0.127. The van der Waals surface area contributed by atoms with Crippen molar-refractivity contribution < 1.29 is 19.0 Å². The van der Waals surface area contributed by atoms with Crippen molar-refractivity contribution in [3.8, 4) is 5.75 Å². The van der Waals surface area contributed by atoms with Crippen molar-refractivity contribution >= 4 is 23.2 Å². The summed E-state index contributed by atoms with van der Waals surface area (Å²) in [6, 6.07) is 14.8. The van der Waals surface area contributed by atoms with Crippen molar-refractivity contribution in [2.24, 2.45) is 0 Å². The van der Waals surface area contributed by atoms with Gasteiger partial charge in [-0.1, -0.05) is 41.9 Å². The molecule has 2 heterocycles. The Kier molecular flexibility index (Phi) is 4.61. The molecular formula is C19H18ClNO4. The molecule has 0 aromatic heterocycles. The lowest BCUT2D eigenvalue weighted by Gasteiger charge is -2.35. The van der Waals surface area contributed by atoms with Crippen molar-refractivity contribution in [3.63, 3.8) is 0 Å². The summed E-state index contributed by atoms with van der Waals surface area (Å²) in [5, 5.41) is 0.562. The third kappa shape index (κ3) is 3.35. The second-order valence-electron chi connectivity index (χ2n) is 5.97. The Morgan fingerprint density at radius 3 is 2.60 bits per heavy atom. The van der Waals surface area contributed by atoms with E-state index in [1.54, 1.807) is 23.1 Å². The highest BCUT2D eigenvalue weighted by molar-refractivity contribution is 6.31. The van der Waals surface area contributed by atoms with E-state index in [-0.39, 0.29) is 12.2 Å². The topological polar surface area (TPSA) is 48.0 Å². The molecule has 130 valence electrons. The molecule has 0 aliphatic carbocycles. The Labute approximate surface area is 151 Å². The van der Waals surface area contributed by atoms with Gasteiger partial charge < -0.3 is 19.1 Å². The van der Waals surface area contributed by atoms with Gasteiger partial charge in [0, 0.05) is 23.6 Å². The van der Waals surface area contributed by atoms with Crippen LogP contribution in [0.4, 0.5) is 5.69 Å². The number of nitrogens with zero attached hydrogens (tertiary/aromatic N) is 1. The van der Waals surface area contributed by atoms with Gasteiger partial charge in [-0.3, -0.25) is 4.79 Å². The molecule has 0 spiro atoms. The highest BCUT2D eigenvalue weighted by Gasteiger charge is 2.36. The van der Waals surface area contributed by atoms with Gasteiger partial charge in [0.25, 0.3) is 5.91 Å². The number of fused-ring (bicyclic) bond motifs is 1. The standard InChI is InChI=1S/C19H18ClNO4/c20-14-6-7-16-15(12-14)21(9-8-17-23-10-11-24-17)19(22)18(25-16)13-4-2-1-3-5-13/h1-7,12,17-18H,8-11H2. The number of rotatable bonds is 4. The first-order valence-corrected chi connectivity index (χ1v) is 8.66. The van der Waals surface area contributed by atoms with Crippen LogP contribution in [0.25, 0.3) is 0 Å². The van der Waals surface area contributed by atoms with Gasteiger partial charge in [0.1, 0.15) is 5.75 Å². The van der Waals surface area contributed by atoms with E-state index in [0.29, 0.717) is 42.6 Å². The summed E-state index contributed by atoms with van der Waals surface area (Å²) in [6.45, 7) is 1.66. The van der Waals surface area contributed by atoms with Gasteiger partial charge in [-0.2, -0.15) is 0 Å². The number of benzene rings is 2. The number of anilines is 1. The SMILES string of the molecule is O=C1C(c2ccccc2)Oc2ccc(Cl)cc2N1CCC1OCCO1. The van der Waals surface area contributed by atoms with Crippen LogP contribution >= 0.6 is 11.6 Å². The maximum Gasteiger partial charge on any atom is 0.272 e. The molecular weight excluding hydrogens is 342 g/mol. The normalized spacial score (nSPS) is 20.4. The predicted molar refractivity (Wildman–Crippen MR) is 93.9 cm³/mol. The van der Waals surface area contributed by atoms with E-state index in [1.807, 2.05) is 30.3 Å². The molecule has 1 unspecified atom stereocenters. The number of carbonyl (C=O) groups is 1. The molecule has 1 saturated heterocycles. The Morgan fingerprint density at radius 2 is 1.84 bits per heavy atom. The molecule has 2 aliphatic rings. The summed E-state index contributed by atoms with van der Waals surface area (Å²) < 4.78 is 16.9. The highest BCUT2D eigenvalue weighted by atomic mass is 35.5. The molecule has 1 amide bonds. The number of ether oxygens (including phenoxy) is 3. The van der Waals surface area contributed by atoms with Gasteiger partial charge >= 0.3 is 0 Å². The van der Waals surface area contributed by atoms with Gasteiger partial charge in [-0.05, 0) is 18.2 Å². The minimum Gasteiger partial charge on any atom is -0.474 e. The third-order valence-corrected chi connectivity index (χ3v) is 4.56. The maximum atomic E-state index is 13.1. The van der Waals surface area contributed by atoms with Crippen LogP contribution in [0.5, 0.6) is 5.75 Å². The highest BCUT2D eigenvalue weighted by Crippen LogP contribution is 2.40. The number of carbonyl (C=O) groups excluding carboxylic acids is 1. The van der Waals surface area contributed by atoms with E-state index in [1.165, 1.54) is 0 Å². The summed E-state index contributed by atoms with van der Waals surface area (Å²) in [5.74, 6) is 0.532. The average Bonchev–Trinajstić information content (AvgIpc) is 3.15. The average molecular weight is 360 g/mol. The van der Waals surface area contributed by atoms with Gasteiger partial charge in [0.05, 0.1) is 18.9 Å². The second kappa shape index (κ2) is 7.04. The molecule has 1 atom stereocenters. The first-order valence-electron chi connectivity index (χ1n) is 8.28. The van der Waals surface area contributed by atoms with Crippen LogP contribution in [0.3, 0.4) is 0 Å². The zero-order chi connectivity index (χ0) is 17.2. The number of hydrogen-bond acceptors (Lipinski definition) is 4. The smallest absolute Gasteiger partial charge is 0.272 e. The zero-order valence-corrected chi connectivity index (χ0v) is 14.3. The molecule has 5 nitrogen and oxygen atoms in total. The molecule has 0 N–H and O–H groups in total. The summed E-state index contributed by atoms with van der Waals surface area (Å²) >= 11 is 6.13. The van der Waals surface area contributed by atoms with E-state index in [2.05, 4.69) is 0 Å². The second-order valence-corrected chi connectivity index (χ2v) is 6.41. The molecule has 1 fully saturated rings. The molecule has 0 radical (unpaired) electrons. The number of hydrogen-bond donors (Lipinski definition) is 0. The Hall–Kier alpha value is -2.08. The minimum absolute atomic E-state index is 0.112. The van der Waals surface area contributed by atoms with Crippen molar-refractivity contribution in [2.75, 3.05) is 24.7 Å². The molecule has 0 bridgehead atoms. The third-order valence-electron chi connectivity index (χ3n) is 4.33. The van der Waals surface area contributed by atoms with Crippen LogP contribution in [-0.4, -0.2) is 32.0 Å². The van der Waals surface area contributed by atoms with E-state index in [4.69, 9.17) is 25.8 Å². The van der Waals surface area contributed by atoms with E-state index >= 15 is 0 Å². The number of halogens is 1. The van der Waals surface area contributed by atoms with Crippen molar-refractivity contribution in [3.05, 3.63) is 59.1 Å². The predicted octanol–water partition coefficient (Wildman–Crippen LogP) is 3.57. The van der Waals surface area contributed by atoms with Gasteiger partial charge in [0.2, 0.25) is 6.10 Å².